The summed E-state index contributed by atoms with van der Waals surface area (Å²) in [5, 5.41) is 9.44. The average Bonchev–Trinajstić information content (AvgIpc) is 3.86. The Hall–Kier alpha value is -7.88. The number of nitrogens with zero attached hydrogens (tertiary/aromatic N) is 2. The molecule has 59 heavy (non-hydrogen) atoms. The highest BCUT2D eigenvalue weighted by atomic mass is 16.3. The van der Waals surface area contributed by atoms with E-state index in [0.717, 1.165) is 66.8 Å². The molecule has 0 unspecified atom stereocenters. The van der Waals surface area contributed by atoms with Crippen molar-refractivity contribution < 1.29 is 4.42 Å². The first kappa shape index (κ1) is 33.3. The van der Waals surface area contributed by atoms with Crippen LogP contribution in [0.25, 0.3) is 93.2 Å². The van der Waals surface area contributed by atoms with Crippen LogP contribution in [0.5, 0.6) is 0 Å². The van der Waals surface area contributed by atoms with Crippen molar-refractivity contribution >= 4 is 82.4 Å². The molecule has 276 valence electrons. The van der Waals surface area contributed by atoms with Gasteiger partial charge in [-0.1, -0.05) is 158 Å². The first-order chi connectivity index (χ1) is 29.3. The fourth-order valence-electron chi connectivity index (χ4n) is 9.27. The zero-order valence-corrected chi connectivity index (χ0v) is 32.1. The van der Waals surface area contributed by atoms with Crippen LogP contribution in [0.4, 0.5) is 17.1 Å². The van der Waals surface area contributed by atoms with E-state index in [1.54, 1.807) is 0 Å². The Bertz CT molecular complexity index is 3550. The van der Waals surface area contributed by atoms with Crippen LogP contribution in [-0.2, 0) is 0 Å². The molecule has 10 aromatic carbocycles. The quantitative estimate of drug-likeness (QED) is 0.169. The third kappa shape index (κ3) is 5.29. The summed E-state index contributed by atoms with van der Waals surface area (Å²) in [5.41, 5.74) is 13.0. The zero-order valence-electron chi connectivity index (χ0n) is 32.1. The Kier molecular flexibility index (Phi) is 7.54. The van der Waals surface area contributed by atoms with E-state index in [-0.39, 0.29) is 0 Å². The Balaban J connectivity index is 1.15. The molecule has 0 saturated carbocycles. The van der Waals surface area contributed by atoms with Gasteiger partial charge in [-0.05, 0) is 93.5 Å². The smallest absolute Gasteiger partial charge is 0.145 e. The lowest BCUT2D eigenvalue weighted by molar-refractivity contribution is 0.670. The second-order valence-corrected chi connectivity index (χ2v) is 15.3. The van der Waals surface area contributed by atoms with Gasteiger partial charge in [0.05, 0.1) is 33.5 Å². The minimum Gasteiger partial charge on any atom is -0.455 e. The fraction of sp³-hybridized carbons (Fsp3) is 0. The topological polar surface area (TPSA) is 21.3 Å². The molecule has 12 aromatic rings. The minimum absolute atomic E-state index is 0.865. The highest BCUT2D eigenvalue weighted by Crippen LogP contribution is 2.49. The molecule has 0 N–H and O–H groups in total. The highest BCUT2D eigenvalue weighted by molar-refractivity contribution is 6.21. The van der Waals surface area contributed by atoms with Crippen molar-refractivity contribution in [3.8, 4) is 27.9 Å². The van der Waals surface area contributed by atoms with Crippen molar-refractivity contribution in [1.29, 1.82) is 0 Å². The Morgan fingerprint density at radius 3 is 1.88 bits per heavy atom. The van der Waals surface area contributed by atoms with E-state index in [4.69, 9.17) is 4.42 Å². The molecule has 0 amide bonds. The van der Waals surface area contributed by atoms with E-state index in [1.165, 1.54) is 43.4 Å². The van der Waals surface area contributed by atoms with Gasteiger partial charge in [-0.3, -0.25) is 0 Å². The van der Waals surface area contributed by atoms with E-state index in [9.17, 15) is 0 Å². The van der Waals surface area contributed by atoms with Gasteiger partial charge in [0.25, 0.3) is 0 Å². The standard InChI is InChI=1S/C56H36N2O/c1-2-15-40(16-3-1)45-34-35-52(55-47-22-9-11-27-53(47)59-56(45)55)57(43-32-30-38(31-33-43)42-29-28-37-14-4-5-18-41(37)36-42)50-25-13-26-51-54(50)46-21-8-10-23-49(46)58(51)48-24-12-19-39-17-6-7-20-44(39)48/h1-36H. The van der Waals surface area contributed by atoms with Gasteiger partial charge in [0.2, 0.25) is 0 Å². The van der Waals surface area contributed by atoms with Gasteiger partial charge < -0.3 is 13.9 Å². The molecule has 2 aromatic heterocycles. The first-order valence-corrected chi connectivity index (χ1v) is 20.2. The molecule has 0 aliphatic heterocycles. The third-order valence-corrected chi connectivity index (χ3v) is 12.0. The Morgan fingerprint density at radius 1 is 0.373 bits per heavy atom. The van der Waals surface area contributed by atoms with Crippen molar-refractivity contribution in [2.24, 2.45) is 0 Å². The average molecular weight is 753 g/mol. The summed E-state index contributed by atoms with van der Waals surface area (Å²) in [6.07, 6.45) is 0. The monoisotopic (exact) mass is 752 g/mol. The van der Waals surface area contributed by atoms with Gasteiger partial charge in [-0.25, -0.2) is 0 Å². The molecule has 0 fully saturated rings. The number of hydrogen-bond acceptors (Lipinski definition) is 2. The summed E-state index contributed by atoms with van der Waals surface area (Å²) < 4.78 is 9.29. The lowest BCUT2D eigenvalue weighted by Crippen LogP contribution is -2.11. The molecule has 0 atom stereocenters. The number of aromatic nitrogens is 1. The molecular formula is C56H36N2O. The van der Waals surface area contributed by atoms with Crippen LogP contribution in [-0.4, -0.2) is 4.57 Å². The summed E-state index contributed by atoms with van der Waals surface area (Å²) in [5.74, 6) is 0. The van der Waals surface area contributed by atoms with E-state index < -0.39 is 0 Å². The SMILES string of the molecule is c1ccc(-c2ccc(N(c3ccc(-c4ccc5ccccc5c4)cc3)c3cccc4c3c3ccccc3n4-c3cccc4ccccc34)c3c2oc2ccccc23)cc1. The lowest BCUT2D eigenvalue weighted by atomic mass is 9.98. The molecule has 0 saturated heterocycles. The van der Waals surface area contributed by atoms with Crippen LogP contribution in [0.1, 0.15) is 0 Å². The Morgan fingerprint density at radius 2 is 1.02 bits per heavy atom. The molecule has 3 nitrogen and oxygen atoms in total. The van der Waals surface area contributed by atoms with Crippen LogP contribution in [0.2, 0.25) is 0 Å². The first-order valence-electron chi connectivity index (χ1n) is 20.2. The van der Waals surface area contributed by atoms with Gasteiger partial charge in [-0.15, -0.1) is 0 Å². The fourth-order valence-corrected chi connectivity index (χ4v) is 9.27. The van der Waals surface area contributed by atoms with E-state index >= 15 is 0 Å². The second-order valence-electron chi connectivity index (χ2n) is 15.3. The van der Waals surface area contributed by atoms with Crippen LogP contribution in [0.15, 0.2) is 223 Å². The number of fused-ring (bicyclic) bond motifs is 8. The van der Waals surface area contributed by atoms with E-state index in [2.05, 4.69) is 228 Å². The normalized spacial score (nSPS) is 11.7. The summed E-state index contributed by atoms with van der Waals surface area (Å²) in [6, 6.07) is 78.7. The molecule has 0 spiro atoms. The van der Waals surface area contributed by atoms with Crippen molar-refractivity contribution in [2.75, 3.05) is 4.90 Å². The number of para-hydroxylation sites is 2. The highest BCUT2D eigenvalue weighted by Gasteiger charge is 2.26. The number of rotatable bonds is 6. The molecule has 3 heteroatoms. The van der Waals surface area contributed by atoms with Gasteiger partial charge in [0.15, 0.2) is 0 Å². The molecule has 0 bridgehead atoms. The van der Waals surface area contributed by atoms with Crippen molar-refractivity contribution in [2.45, 2.75) is 0 Å². The van der Waals surface area contributed by atoms with Crippen LogP contribution >= 0.6 is 0 Å². The number of hydrogen-bond donors (Lipinski definition) is 0. The summed E-state index contributed by atoms with van der Waals surface area (Å²) >= 11 is 0. The zero-order chi connectivity index (χ0) is 38.9. The molecule has 12 rings (SSSR count). The van der Waals surface area contributed by atoms with E-state index in [0.29, 0.717) is 0 Å². The van der Waals surface area contributed by atoms with Crippen LogP contribution in [0.3, 0.4) is 0 Å². The summed E-state index contributed by atoms with van der Waals surface area (Å²) in [7, 11) is 0. The van der Waals surface area contributed by atoms with Gasteiger partial charge in [0, 0.05) is 32.8 Å². The number of benzene rings is 10. The van der Waals surface area contributed by atoms with Crippen molar-refractivity contribution in [3.63, 3.8) is 0 Å². The number of anilines is 3. The molecule has 2 heterocycles. The maximum absolute atomic E-state index is 6.84. The molecule has 0 aliphatic rings. The molecule has 0 aliphatic carbocycles. The Labute approximate surface area is 341 Å². The van der Waals surface area contributed by atoms with Gasteiger partial charge in [0.1, 0.15) is 11.2 Å². The molecular weight excluding hydrogens is 717 g/mol. The minimum atomic E-state index is 0.865. The largest absolute Gasteiger partial charge is 0.455 e. The predicted molar refractivity (Wildman–Crippen MR) is 249 cm³/mol. The predicted octanol–water partition coefficient (Wildman–Crippen LogP) is 15.8. The summed E-state index contributed by atoms with van der Waals surface area (Å²) in [6.45, 7) is 0. The third-order valence-electron chi connectivity index (χ3n) is 12.0. The van der Waals surface area contributed by atoms with Crippen molar-refractivity contribution in [3.05, 3.63) is 218 Å². The van der Waals surface area contributed by atoms with Gasteiger partial charge in [-0.2, -0.15) is 0 Å². The maximum Gasteiger partial charge on any atom is 0.145 e. The van der Waals surface area contributed by atoms with Crippen molar-refractivity contribution in [1.82, 2.24) is 4.57 Å². The second kappa shape index (κ2) is 13.4. The maximum atomic E-state index is 6.84. The lowest BCUT2D eigenvalue weighted by Gasteiger charge is -2.28. The summed E-state index contributed by atoms with van der Waals surface area (Å²) in [4.78, 5) is 2.45. The van der Waals surface area contributed by atoms with Crippen LogP contribution in [0, 0.1) is 0 Å². The van der Waals surface area contributed by atoms with Crippen LogP contribution < -0.4 is 4.90 Å². The molecule has 0 radical (unpaired) electrons. The van der Waals surface area contributed by atoms with Gasteiger partial charge >= 0.3 is 0 Å². The number of furan rings is 1. The van der Waals surface area contributed by atoms with E-state index in [1.807, 2.05) is 0 Å².